The summed E-state index contributed by atoms with van der Waals surface area (Å²) in [7, 11) is 1.61. The number of pyridine rings is 1. The largest absolute Gasteiger partial charge is 0.495 e. The van der Waals surface area contributed by atoms with E-state index in [2.05, 4.69) is 18.8 Å². The second-order valence-electron chi connectivity index (χ2n) is 6.72. The van der Waals surface area contributed by atoms with Gasteiger partial charge in [-0.3, -0.25) is 4.98 Å². The summed E-state index contributed by atoms with van der Waals surface area (Å²) in [5.74, 6) is 0.661. The zero-order valence-electron chi connectivity index (χ0n) is 13.6. The molecule has 1 aliphatic carbocycles. The Hall–Kier alpha value is -1.13. The number of aromatic nitrogens is 1. The molecule has 0 saturated heterocycles. The molecule has 0 aliphatic heterocycles. The maximum atomic E-state index is 10.9. The number of methoxy groups -OCH3 is 1. The van der Waals surface area contributed by atoms with Crippen LogP contribution >= 0.6 is 0 Å². The first-order chi connectivity index (χ1) is 9.92. The molecule has 4 heteroatoms. The van der Waals surface area contributed by atoms with Crippen molar-refractivity contribution in [2.45, 2.75) is 58.2 Å². The van der Waals surface area contributed by atoms with E-state index in [0.29, 0.717) is 17.8 Å². The van der Waals surface area contributed by atoms with Crippen LogP contribution < -0.4 is 4.74 Å². The van der Waals surface area contributed by atoms with Crippen molar-refractivity contribution in [1.29, 1.82) is 0 Å². The molecule has 1 fully saturated rings. The minimum atomic E-state index is -0.670. The molecule has 0 aromatic carbocycles. The predicted octanol–water partition coefficient (Wildman–Crippen LogP) is 3.50. The van der Waals surface area contributed by atoms with Crippen molar-refractivity contribution in [1.82, 2.24) is 4.98 Å². The van der Waals surface area contributed by atoms with E-state index in [1.807, 2.05) is 13.0 Å². The van der Waals surface area contributed by atoms with Crippen LogP contribution in [0.2, 0.25) is 0 Å². The maximum absolute atomic E-state index is 10.9. The highest BCUT2D eigenvalue weighted by Gasteiger charge is 2.45. The fraction of sp³-hybridized carbons (Fsp3) is 0.706. The van der Waals surface area contributed by atoms with Crippen molar-refractivity contribution >= 4 is 0 Å². The second-order valence-corrected chi connectivity index (χ2v) is 6.72. The van der Waals surface area contributed by atoms with Crippen LogP contribution in [0.3, 0.4) is 0 Å². The van der Waals surface area contributed by atoms with E-state index in [4.69, 9.17) is 9.47 Å². The van der Waals surface area contributed by atoms with Crippen molar-refractivity contribution in [2.75, 3.05) is 13.7 Å². The number of rotatable bonds is 5. The van der Waals surface area contributed by atoms with Gasteiger partial charge >= 0.3 is 0 Å². The summed E-state index contributed by atoms with van der Waals surface area (Å²) in [4.78, 5) is 4.15. The van der Waals surface area contributed by atoms with Crippen LogP contribution in [0, 0.1) is 5.41 Å². The highest BCUT2D eigenvalue weighted by Crippen LogP contribution is 2.47. The molecule has 1 unspecified atom stereocenters. The standard InChI is InChI=1S/C17H27NO3/c1-5-21-17(8-6-16(2,3)7-9-17)15(19)13-10-14(20-4)12-18-11-13/h10-12,15,19H,5-9H2,1-4H3. The van der Waals surface area contributed by atoms with Gasteiger partial charge in [-0.15, -0.1) is 0 Å². The molecule has 118 valence electrons. The first kappa shape index (κ1) is 16.2. The normalized spacial score (nSPS) is 21.8. The van der Waals surface area contributed by atoms with Crippen LogP contribution in [0.5, 0.6) is 5.75 Å². The number of hydrogen-bond donors (Lipinski definition) is 1. The van der Waals surface area contributed by atoms with Gasteiger partial charge in [0, 0.05) is 18.4 Å². The van der Waals surface area contributed by atoms with E-state index in [1.54, 1.807) is 19.5 Å². The zero-order chi connectivity index (χ0) is 15.5. The molecule has 0 radical (unpaired) electrons. The average molecular weight is 293 g/mol. The van der Waals surface area contributed by atoms with Gasteiger partial charge in [-0.2, -0.15) is 0 Å². The first-order valence-electron chi connectivity index (χ1n) is 7.73. The smallest absolute Gasteiger partial charge is 0.137 e. The van der Waals surface area contributed by atoms with Crippen LogP contribution in [0.4, 0.5) is 0 Å². The lowest BCUT2D eigenvalue weighted by molar-refractivity contribution is -0.153. The molecular weight excluding hydrogens is 266 g/mol. The molecule has 21 heavy (non-hydrogen) atoms. The third-order valence-electron chi connectivity index (χ3n) is 4.67. The van der Waals surface area contributed by atoms with Crippen molar-refractivity contribution in [2.24, 2.45) is 5.41 Å². The van der Waals surface area contributed by atoms with Crippen LogP contribution in [-0.2, 0) is 4.74 Å². The fourth-order valence-electron chi connectivity index (χ4n) is 3.13. The molecule has 0 amide bonds. The van der Waals surface area contributed by atoms with Crippen molar-refractivity contribution in [3.8, 4) is 5.75 Å². The van der Waals surface area contributed by atoms with Gasteiger partial charge < -0.3 is 14.6 Å². The predicted molar refractivity (Wildman–Crippen MR) is 82.4 cm³/mol. The number of aliphatic hydroxyl groups is 1. The van der Waals surface area contributed by atoms with Gasteiger partial charge in [-0.05, 0) is 44.1 Å². The highest BCUT2D eigenvalue weighted by atomic mass is 16.5. The summed E-state index contributed by atoms with van der Waals surface area (Å²) in [6.07, 6.45) is 6.53. The van der Waals surface area contributed by atoms with Crippen molar-refractivity contribution < 1.29 is 14.6 Å². The minimum Gasteiger partial charge on any atom is -0.495 e. The zero-order valence-corrected chi connectivity index (χ0v) is 13.6. The maximum Gasteiger partial charge on any atom is 0.137 e. The molecule has 1 aliphatic rings. The van der Waals surface area contributed by atoms with Gasteiger partial charge in [0.05, 0.1) is 18.9 Å². The third kappa shape index (κ3) is 3.55. The van der Waals surface area contributed by atoms with Gasteiger partial charge in [0.1, 0.15) is 11.9 Å². The van der Waals surface area contributed by atoms with Crippen LogP contribution in [0.15, 0.2) is 18.5 Å². The Kier molecular flexibility index (Phi) is 4.89. The van der Waals surface area contributed by atoms with Gasteiger partial charge in [-0.25, -0.2) is 0 Å². The number of nitrogens with zero attached hydrogens (tertiary/aromatic N) is 1. The summed E-state index contributed by atoms with van der Waals surface area (Å²) >= 11 is 0. The molecule has 1 aromatic rings. The van der Waals surface area contributed by atoms with E-state index in [9.17, 15) is 5.11 Å². The Bertz CT molecular complexity index is 463. The van der Waals surface area contributed by atoms with Gasteiger partial charge in [-0.1, -0.05) is 13.8 Å². The lowest BCUT2D eigenvalue weighted by atomic mass is 9.68. The molecule has 1 saturated carbocycles. The van der Waals surface area contributed by atoms with Crippen molar-refractivity contribution in [3.63, 3.8) is 0 Å². The van der Waals surface area contributed by atoms with Crippen LogP contribution in [0.1, 0.15) is 58.1 Å². The van der Waals surface area contributed by atoms with E-state index >= 15 is 0 Å². The number of hydrogen-bond acceptors (Lipinski definition) is 4. The van der Waals surface area contributed by atoms with Crippen molar-refractivity contribution in [3.05, 3.63) is 24.0 Å². The minimum absolute atomic E-state index is 0.326. The average Bonchev–Trinajstić information content (AvgIpc) is 2.49. The highest BCUT2D eigenvalue weighted by molar-refractivity contribution is 5.27. The number of ether oxygens (including phenoxy) is 2. The van der Waals surface area contributed by atoms with E-state index < -0.39 is 11.7 Å². The lowest BCUT2D eigenvalue weighted by Crippen LogP contribution is -2.44. The van der Waals surface area contributed by atoms with Crippen LogP contribution in [0.25, 0.3) is 0 Å². The quantitative estimate of drug-likeness (QED) is 0.902. The fourth-order valence-corrected chi connectivity index (χ4v) is 3.13. The Labute approximate surface area is 127 Å². The monoisotopic (exact) mass is 293 g/mol. The Morgan fingerprint density at radius 3 is 2.48 bits per heavy atom. The summed E-state index contributed by atoms with van der Waals surface area (Å²) in [5.41, 5.74) is 0.591. The summed E-state index contributed by atoms with van der Waals surface area (Å²) < 4.78 is 11.2. The molecule has 1 aromatic heterocycles. The van der Waals surface area contributed by atoms with E-state index in [-0.39, 0.29) is 0 Å². The second kappa shape index (κ2) is 6.32. The molecule has 0 bridgehead atoms. The summed E-state index contributed by atoms with van der Waals surface area (Å²) in [6.45, 7) is 7.15. The van der Waals surface area contributed by atoms with E-state index in [0.717, 1.165) is 31.2 Å². The SMILES string of the molecule is CCOC1(C(O)c2cncc(OC)c2)CCC(C)(C)CC1. The molecule has 2 rings (SSSR count). The van der Waals surface area contributed by atoms with Crippen LogP contribution in [-0.4, -0.2) is 29.4 Å². The molecule has 1 N–H and O–H groups in total. The van der Waals surface area contributed by atoms with Gasteiger partial charge in [0.25, 0.3) is 0 Å². The third-order valence-corrected chi connectivity index (χ3v) is 4.67. The summed E-state index contributed by atoms with van der Waals surface area (Å²) in [6, 6.07) is 1.85. The first-order valence-corrected chi connectivity index (χ1v) is 7.73. The van der Waals surface area contributed by atoms with Gasteiger partial charge in [0.2, 0.25) is 0 Å². The Morgan fingerprint density at radius 1 is 1.24 bits per heavy atom. The Balaban J connectivity index is 2.25. The van der Waals surface area contributed by atoms with Gasteiger partial charge in [0.15, 0.2) is 0 Å². The molecular formula is C17H27NO3. The molecule has 4 nitrogen and oxygen atoms in total. The molecule has 0 spiro atoms. The summed E-state index contributed by atoms with van der Waals surface area (Å²) in [5, 5.41) is 10.9. The topological polar surface area (TPSA) is 51.6 Å². The number of aliphatic hydroxyl groups excluding tert-OH is 1. The Morgan fingerprint density at radius 2 is 1.90 bits per heavy atom. The molecule has 1 atom stereocenters. The van der Waals surface area contributed by atoms with E-state index in [1.165, 1.54) is 0 Å². The lowest BCUT2D eigenvalue weighted by Gasteiger charge is -2.45. The molecule has 1 heterocycles.